The molecule has 0 unspecified atom stereocenters. The van der Waals surface area contributed by atoms with Gasteiger partial charge in [-0.25, -0.2) is 4.39 Å². The molecule has 26 heavy (non-hydrogen) atoms. The van der Waals surface area contributed by atoms with Gasteiger partial charge in [0.1, 0.15) is 12.2 Å². The highest BCUT2D eigenvalue weighted by molar-refractivity contribution is 6.30. The monoisotopic (exact) mass is 370 g/mol. The average molecular weight is 371 g/mol. The Balaban J connectivity index is 1.52. The smallest absolute Gasteiger partial charge is 0.247 e. The van der Waals surface area contributed by atoms with Gasteiger partial charge in [0, 0.05) is 16.1 Å². The van der Waals surface area contributed by atoms with E-state index in [1.54, 1.807) is 43.3 Å². The van der Waals surface area contributed by atoms with Crippen LogP contribution < -0.4 is 0 Å². The van der Waals surface area contributed by atoms with Crippen molar-refractivity contribution in [2.24, 2.45) is 0 Å². The fourth-order valence-electron chi connectivity index (χ4n) is 2.34. The van der Waals surface area contributed by atoms with E-state index in [1.165, 1.54) is 6.07 Å². The van der Waals surface area contributed by atoms with E-state index < -0.39 is 0 Å². The van der Waals surface area contributed by atoms with Gasteiger partial charge >= 0.3 is 0 Å². The zero-order chi connectivity index (χ0) is 18.1. The Bertz CT molecular complexity index is 1060. The minimum absolute atomic E-state index is 0.182. The SMILES string of the molecule is Cc1ccc(-c2nnc(Cc3nc(-c4ccc(Cl)cc4)no3)o2)cc1F. The number of halogens is 2. The summed E-state index contributed by atoms with van der Waals surface area (Å²) in [5.41, 5.74) is 1.85. The fourth-order valence-corrected chi connectivity index (χ4v) is 2.47. The van der Waals surface area contributed by atoms with Crippen molar-refractivity contribution in [1.82, 2.24) is 20.3 Å². The Morgan fingerprint density at radius 3 is 2.54 bits per heavy atom. The molecule has 130 valence electrons. The normalized spacial score (nSPS) is 11.0. The standard InChI is InChI=1S/C18H12ClFN4O2/c1-10-2-3-12(8-14(10)20)18-23-22-16(25-18)9-15-21-17(24-26-15)11-4-6-13(19)7-5-11/h2-8H,9H2,1H3. The van der Waals surface area contributed by atoms with Gasteiger partial charge in [0.2, 0.25) is 23.5 Å². The number of aromatic nitrogens is 4. The number of rotatable bonds is 4. The van der Waals surface area contributed by atoms with Crippen LogP contribution in [0.2, 0.25) is 5.02 Å². The Morgan fingerprint density at radius 1 is 1.00 bits per heavy atom. The molecule has 4 rings (SSSR count). The summed E-state index contributed by atoms with van der Waals surface area (Å²) in [7, 11) is 0. The predicted octanol–water partition coefficient (Wildman–Crippen LogP) is 4.48. The zero-order valence-electron chi connectivity index (χ0n) is 13.6. The summed E-state index contributed by atoms with van der Waals surface area (Å²) in [5, 5.41) is 12.4. The maximum absolute atomic E-state index is 13.7. The summed E-state index contributed by atoms with van der Waals surface area (Å²) in [6.07, 6.45) is 0.182. The highest BCUT2D eigenvalue weighted by atomic mass is 35.5. The van der Waals surface area contributed by atoms with Crippen LogP contribution in [-0.4, -0.2) is 20.3 Å². The largest absolute Gasteiger partial charge is 0.420 e. The molecule has 8 heteroatoms. The fraction of sp³-hybridized carbons (Fsp3) is 0.111. The van der Waals surface area contributed by atoms with E-state index in [2.05, 4.69) is 20.3 Å². The van der Waals surface area contributed by atoms with E-state index in [-0.39, 0.29) is 18.1 Å². The lowest BCUT2D eigenvalue weighted by molar-refractivity contribution is 0.374. The molecule has 0 radical (unpaired) electrons. The molecule has 0 bridgehead atoms. The van der Waals surface area contributed by atoms with Crippen molar-refractivity contribution in [1.29, 1.82) is 0 Å². The van der Waals surface area contributed by atoms with Crippen molar-refractivity contribution >= 4 is 11.6 Å². The Hall–Kier alpha value is -3.06. The van der Waals surface area contributed by atoms with Crippen LogP contribution in [0.1, 0.15) is 17.3 Å². The molecule has 0 fully saturated rings. The number of hydrogen-bond donors (Lipinski definition) is 0. The summed E-state index contributed by atoms with van der Waals surface area (Å²) in [5.74, 6) is 0.979. The van der Waals surface area contributed by atoms with Crippen molar-refractivity contribution in [2.75, 3.05) is 0 Å². The molecule has 0 aliphatic carbocycles. The Morgan fingerprint density at radius 2 is 1.77 bits per heavy atom. The molecule has 0 aliphatic rings. The van der Waals surface area contributed by atoms with E-state index in [9.17, 15) is 4.39 Å². The van der Waals surface area contributed by atoms with Gasteiger partial charge in [-0.1, -0.05) is 22.8 Å². The third kappa shape index (κ3) is 3.34. The first kappa shape index (κ1) is 16.4. The molecular weight excluding hydrogens is 359 g/mol. The van der Waals surface area contributed by atoms with Crippen LogP contribution in [0.15, 0.2) is 51.4 Å². The molecule has 0 atom stereocenters. The molecule has 0 saturated carbocycles. The topological polar surface area (TPSA) is 77.8 Å². The molecule has 2 aromatic carbocycles. The van der Waals surface area contributed by atoms with Gasteiger partial charge in [-0.05, 0) is 48.9 Å². The van der Waals surface area contributed by atoms with E-state index in [0.29, 0.717) is 33.8 Å². The van der Waals surface area contributed by atoms with Gasteiger partial charge in [0.25, 0.3) is 0 Å². The molecule has 0 aliphatic heterocycles. The second kappa shape index (κ2) is 6.68. The predicted molar refractivity (Wildman–Crippen MR) is 92.0 cm³/mol. The second-order valence-electron chi connectivity index (χ2n) is 5.66. The molecule has 0 saturated heterocycles. The zero-order valence-corrected chi connectivity index (χ0v) is 14.4. The maximum Gasteiger partial charge on any atom is 0.247 e. The van der Waals surface area contributed by atoms with E-state index in [4.69, 9.17) is 20.5 Å². The molecule has 0 N–H and O–H groups in total. The third-order valence-corrected chi connectivity index (χ3v) is 4.01. The van der Waals surface area contributed by atoms with E-state index in [1.807, 2.05) is 0 Å². The van der Waals surface area contributed by atoms with Crippen LogP contribution in [0.3, 0.4) is 0 Å². The molecule has 6 nitrogen and oxygen atoms in total. The third-order valence-electron chi connectivity index (χ3n) is 3.76. The summed E-state index contributed by atoms with van der Waals surface area (Å²) >= 11 is 5.87. The highest BCUT2D eigenvalue weighted by Crippen LogP contribution is 2.22. The lowest BCUT2D eigenvalue weighted by Gasteiger charge is -1.97. The lowest BCUT2D eigenvalue weighted by atomic mass is 10.1. The van der Waals surface area contributed by atoms with Crippen LogP contribution in [0, 0.1) is 12.7 Å². The Labute approximate surface area is 152 Å². The van der Waals surface area contributed by atoms with Crippen molar-refractivity contribution in [3.05, 3.63) is 70.6 Å². The van der Waals surface area contributed by atoms with Crippen molar-refractivity contribution in [2.45, 2.75) is 13.3 Å². The average Bonchev–Trinajstić information content (AvgIpc) is 3.28. The second-order valence-corrected chi connectivity index (χ2v) is 6.10. The Kier molecular flexibility index (Phi) is 4.22. The maximum atomic E-state index is 13.7. The molecule has 0 spiro atoms. The van der Waals surface area contributed by atoms with Crippen LogP contribution in [-0.2, 0) is 6.42 Å². The summed E-state index contributed by atoms with van der Waals surface area (Å²) in [6, 6.07) is 11.8. The molecule has 2 heterocycles. The van der Waals surface area contributed by atoms with E-state index in [0.717, 1.165) is 5.56 Å². The van der Waals surface area contributed by atoms with Crippen LogP contribution >= 0.6 is 11.6 Å². The van der Waals surface area contributed by atoms with Gasteiger partial charge < -0.3 is 8.94 Å². The quantitative estimate of drug-likeness (QED) is 0.527. The summed E-state index contributed by atoms with van der Waals surface area (Å²) in [6.45, 7) is 1.69. The highest BCUT2D eigenvalue weighted by Gasteiger charge is 2.15. The summed E-state index contributed by atoms with van der Waals surface area (Å²) in [4.78, 5) is 4.30. The minimum Gasteiger partial charge on any atom is -0.420 e. The molecule has 4 aromatic rings. The van der Waals surface area contributed by atoms with Crippen LogP contribution in [0.4, 0.5) is 4.39 Å². The van der Waals surface area contributed by atoms with E-state index >= 15 is 0 Å². The first-order valence-corrected chi connectivity index (χ1v) is 8.14. The number of hydrogen-bond acceptors (Lipinski definition) is 6. The lowest BCUT2D eigenvalue weighted by Crippen LogP contribution is -1.88. The summed E-state index contributed by atoms with van der Waals surface area (Å²) < 4.78 is 24.5. The van der Waals surface area contributed by atoms with Gasteiger partial charge in [-0.15, -0.1) is 10.2 Å². The number of aryl methyl sites for hydroxylation is 1. The van der Waals surface area contributed by atoms with Gasteiger partial charge in [-0.3, -0.25) is 0 Å². The molecule has 2 aromatic heterocycles. The number of nitrogens with zero attached hydrogens (tertiary/aromatic N) is 4. The van der Waals surface area contributed by atoms with Crippen LogP contribution in [0.25, 0.3) is 22.8 Å². The molecular formula is C18H12ClFN4O2. The molecule has 0 amide bonds. The number of benzene rings is 2. The van der Waals surface area contributed by atoms with Gasteiger partial charge in [0.15, 0.2) is 0 Å². The van der Waals surface area contributed by atoms with Crippen molar-refractivity contribution < 1.29 is 13.3 Å². The first-order chi connectivity index (χ1) is 12.6. The first-order valence-electron chi connectivity index (χ1n) is 7.76. The van der Waals surface area contributed by atoms with Gasteiger partial charge in [-0.2, -0.15) is 4.98 Å². The van der Waals surface area contributed by atoms with Crippen molar-refractivity contribution in [3.63, 3.8) is 0 Å². The van der Waals surface area contributed by atoms with Gasteiger partial charge in [0.05, 0.1) is 0 Å². The van der Waals surface area contributed by atoms with Crippen LogP contribution in [0.5, 0.6) is 0 Å². The minimum atomic E-state index is -0.327. The van der Waals surface area contributed by atoms with Crippen molar-refractivity contribution in [3.8, 4) is 22.8 Å².